The minimum atomic E-state index is -0.903. The van der Waals surface area contributed by atoms with Crippen molar-refractivity contribution in [3.63, 3.8) is 0 Å². The molecule has 0 radical (unpaired) electrons. The molecule has 1 aromatic heterocycles. The minimum absolute atomic E-state index is 0.247. The van der Waals surface area contributed by atoms with Crippen molar-refractivity contribution >= 4 is 0 Å². The van der Waals surface area contributed by atoms with Crippen LogP contribution in [0.3, 0.4) is 0 Å². The van der Waals surface area contributed by atoms with Gasteiger partial charge in [0.2, 0.25) is 0 Å². The van der Waals surface area contributed by atoms with E-state index >= 15 is 0 Å². The first-order chi connectivity index (χ1) is 11.1. The zero-order valence-corrected chi connectivity index (χ0v) is 13.7. The van der Waals surface area contributed by atoms with Crippen LogP contribution in [0.5, 0.6) is 5.75 Å². The lowest BCUT2D eigenvalue weighted by Gasteiger charge is -2.21. The molecule has 1 aliphatic heterocycles. The van der Waals surface area contributed by atoms with Crippen LogP contribution in [0.1, 0.15) is 32.0 Å². The highest BCUT2D eigenvalue weighted by Gasteiger charge is 2.40. The number of benzene rings is 1. The molecule has 2 aromatic rings. The van der Waals surface area contributed by atoms with Gasteiger partial charge in [0.05, 0.1) is 6.20 Å². The van der Waals surface area contributed by atoms with Crippen molar-refractivity contribution in [2.45, 2.75) is 31.9 Å². The molecule has 1 aromatic carbocycles. The summed E-state index contributed by atoms with van der Waals surface area (Å²) in [5.41, 5.74) is -0.238. The summed E-state index contributed by atoms with van der Waals surface area (Å²) >= 11 is 0. The van der Waals surface area contributed by atoms with Crippen LogP contribution in [-0.4, -0.2) is 51.2 Å². The van der Waals surface area contributed by atoms with E-state index in [1.807, 2.05) is 50.4 Å². The molecule has 0 bridgehead atoms. The third kappa shape index (κ3) is 3.71. The molecule has 0 amide bonds. The number of para-hydroxylation sites is 1. The molecule has 1 atom stereocenters. The Morgan fingerprint density at radius 3 is 2.78 bits per heavy atom. The minimum Gasteiger partial charge on any atom is -0.492 e. The van der Waals surface area contributed by atoms with E-state index in [1.54, 1.807) is 4.68 Å². The van der Waals surface area contributed by atoms with Crippen molar-refractivity contribution < 1.29 is 9.84 Å². The summed E-state index contributed by atoms with van der Waals surface area (Å²) in [6.07, 6.45) is 2.53. The van der Waals surface area contributed by atoms with E-state index in [0.717, 1.165) is 18.8 Å². The zero-order valence-electron chi connectivity index (χ0n) is 13.7. The molecule has 3 rings (SSSR count). The fraction of sp³-hybridized carbons (Fsp3) is 0.529. The fourth-order valence-corrected chi connectivity index (χ4v) is 2.82. The molecule has 2 heterocycles. The Kier molecular flexibility index (Phi) is 4.63. The Bertz CT molecular complexity index is 629. The first kappa shape index (κ1) is 16.0. The zero-order chi connectivity index (χ0) is 16.3. The maximum Gasteiger partial charge on any atom is 0.124 e. The summed E-state index contributed by atoms with van der Waals surface area (Å²) in [5, 5.41) is 19.1. The molecule has 23 heavy (non-hydrogen) atoms. The summed E-state index contributed by atoms with van der Waals surface area (Å²) in [4.78, 5) is 2.21. The molecular formula is C17H24N4O2. The van der Waals surface area contributed by atoms with Gasteiger partial charge in [0.15, 0.2) is 0 Å². The number of hydrogen-bond donors (Lipinski definition) is 1. The van der Waals surface area contributed by atoms with E-state index < -0.39 is 5.60 Å². The first-order valence-corrected chi connectivity index (χ1v) is 8.12. The lowest BCUT2D eigenvalue weighted by molar-refractivity contribution is 0.0403. The molecule has 6 nitrogen and oxygen atoms in total. The van der Waals surface area contributed by atoms with Gasteiger partial charge >= 0.3 is 0 Å². The van der Waals surface area contributed by atoms with Crippen molar-refractivity contribution in [2.75, 3.05) is 26.2 Å². The van der Waals surface area contributed by atoms with Crippen LogP contribution in [0.15, 0.2) is 36.5 Å². The molecular weight excluding hydrogens is 292 g/mol. The van der Waals surface area contributed by atoms with E-state index in [-0.39, 0.29) is 6.04 Å². The predicted octanol–water partition coefficient (Wildman–Crippen LogP) is 1.83. The van der Waals surface area contributed by atoms with Gasteiger partial charge in [0.25, 0.3) is 0 Å². The van der Waals surface area contributed by atoms with E-state index in [1.165, 1.54) is 0 Å². The van der Waals surface area contributed by atoms with Crippen LogP contribution in [0.25, 0.3) is 0 Å². The predicted molar refractivity (Wildman–Crippen MR) is 87.3 cm³/mol. The third-order valence-corrected chi connectivity index (χ3v) is 4.26. The van der Waals surface area contributed by atoms with E-state index in [9.17, 15) is 5.11 Å². The van der Waals surface area contributed by atoms with E-state index in [0.29, 0.717) is 25.3 Å². The Balaban J connectivity index is 1.52. The van der Waals surface area contributed by atoms with Crippen LogP contribution in [0.4, 0.5) is 0 Å². The Hall–Kier alpha value is -1.92. The second kappa shape index (κ2) is 6.68. The molecule has 0 saturated carbocycles. The van der Waals surface area contributed by atoms with Gasteiger partial charge in [0, 0.05) is 25.7 Å². The summed E-state index contributed by atoms with van der Waals surface area (Å²) in [6, 6.07) is 10.0. The van der Waals surface area contributed by atoms with Crippen LogP contribution < -0.4 is 4.74 Å². The monoisotopic (exact) mass is 316 g/mol. The number of ether oxygens (including phenoxy) is 1. The largest absolute Gasteiger partial charge is 0.492 e. The molecule has 1 unspecified atom stereocenters. The summed E-state index contributed by atoms with van der Waals surface area (Å²) < 4.78 is 7.51. The average molecular weight is 316 g/mol. The van der Waals surface area contributed by atoms with Crippen LogP contribution in [0.2, 0.25) is 0 Å². The van der Waals surface area contributed by atoms with Crippen LogP contribution in [-0.2, 0) is 5.60 Å². The van der Waals surface area contributed by atoms with E-state index in [2.05, 4.69) is 15.2 Å². The molecule has 1 fully saturated rings. The Morgan fingerprint density at radius 1 is 1.30 bits per heavy atom. The number of nitrogens with zero attached hydrogens (tertiary/aromatic N) is 4. The molecule has 1 N–H and O–H groups in total. The SMILES string of the molecule is CC(C)n1cc(C2(O)CCN(CCOc3ccccc3)C2)nn1. The summed E-state index contributed by atoms with van der Waals surface area (Å²) in [5.74, 6) is 0.877. The van der Waals surface area contributed by atoms with Gasteiger partial charge < -0.3 is 9.84 Å². The Morgan fingerprint density at radius 2 is 2.09 bits per heavy atom. The van der Waals surface area contributed by atoms with Gasteiger partial charge in [-0.15, -0.1) is 5.10 Å². The topological polar surface area (TPSA) is 63.4 Å². The number of β-amino-alcohol motifs (C(OH)–C–C–N with tert-alkyl or cyclic N) is 1. The molecule has 0 aliphatic carbocycles. The summed E-state index contributed by atoms with van der Waals surface area (Å²) in [7, 11) is 0. The maximum atomic E-state index is 10.8. The first-order valence-electron chi connectivity index (χ1n) is 8.12. The smallest absolute Gasteiger partial charge is 0.124 e. The highest BCUT2D eigenvalue weighted by Crippen LogP contribution is 2.30. The highest BCUT2D eigenvalue weighted by molar-refractivity contribution is 5.20. The van der Waals surface area contributed by atoms with Crippen LogP contribution >= 0.6 is 0 Å². The van der Waals surface area contributed by atoms with Gasteiger partial charge in [0.1, 0.15) is 23.7 Å². The standard InChI is InChI=1S/C17H24N4O2/c1-14(2)21-12-16(18-19-21)17(22)8-9-20(13-17)10-11-23-15-6-4-3-5-7-15/h3-7,12,14,22H,8-11,13H2,1-2H3. The normalized spacial score (nSPS) is 21.9. The van der Waals surface area contributed by atoms with Crippen molar-refractivity contribution in [1.82, 2.24) is 19.9 Å². The average Bonchev–Trinajstić information content (AvgIpc) is 3.17. The van der Waals surface area contributed by atoms with Crippen molar-refractivity contribution in [3.05, 3.63) is 42.2 Å². The second-order valence-corrected chi connectivity index (χ2v) is 6.40. The van der Waals surface area contributed by atoms with Gasteiger partial charge in [-0.1, -0.05) is 23.4 Å². The number of aromatic nitrogens is 3. The number of hydrogen-bond acceptors (Lipinski definition) is 5. The quantitative estimate of drug-likeness (QED) is 0.881. The van der Waals surface area contributed by atoms with Gasteiger partial charge in [-0.3, -0.25) is 4.90 Å². The van der Waals surface area contributed by atoms with Crippen molar-refractivity contribution in [1.29, 1.82) is 0 Å². The van der Waals surface area contributed by atoms with Crippen molar-refractivity contribution in [2.24, 2.45) is 0 Å². The molecule has 1 saturated heterocycles. The van der Waals surface area contributed by atoms with Crippen LogP contribution in [0, 0.1) is 0 Å². The Labute approximate surface area is 136 Å². The molecule has 0 spiro atoms. The highest BCUT2D eigenvalue weighted by atomic mass is 16.5. The summed E-state index contributed by atoms with van der Waals surface area (Å²) in [6.45, 7) is 6.90. The lowest BCUT2D eigenvalue weighted by atomic mass is 10.00. The lowest BCUT2D eigenvalue weighted by Crippen LogP contribution is -2.33. The third-order valence-electron chi connectivity index (χ3n) is 4.26. The van der Waals surface area contributed by atoms with E-state index in [4.69, 9.17) is 4.74 Å². The number of aliphatic hydroxyl groups is 1. The maximum absolute atomic E-state index is 10.8. The molecule has 124 valence electrons. The fourth-order valence-electron chi connectivity index (χ4n) is 2.82. The number of likely N-dealkylation sites (tertiary alicyclic amines) is 1. The number of rotatable bonds is 6. The van der Waals surface area contributed by atoms with Crippen molar-refractivity contribution in [3.8, 4) is 5.75 Å². The molecule has 1 aliphatic rings. The van der Waals surface area contributed by atoms with Gasteiger partial charge in [-0.2, -0.15) is 0 Å². The molecule has 6 heteroatoms. The van der Waals surface area contributed by atoms with Gasteiger partial charge in [-0.05, 0) is 32.4 Å². The van der Waals surface area contributed by atoms with Gasteiger partial charge in [-0.25, -0.2) is 4.68 Å². The second-order valence-electron chi connectivity index (χ2n) is 6.40.